The molecule has 6 aliphatic rings. The van der Waals surface area contributed by atoms with Gasteiger partial charge >= 0.3 is 11.9 Å². The fourth-order valence-electron chi connectivity index (χ4n) is 10.4. The number of carboxylic acids is 2. The normalized spacial score (nSPS) is 26.9. The van der Waals surface area contributed by atoms with Crippen LogP contribution in [0.2, 0.25) is 0 Å². The van der Waals surface area contributed by atoms with Crippen molar-refractivity contribution in [3.63, 3.8) is 0 Å². The van der Waals surface area contributed by atoms with Gasteiger partial charge in [-0.05, 0) is 91.0 Å². The van der Waals surface area contributed by atoms with Crippen molar-refractivity contribution in [2.45, 2.75) is 185 Å². The van der Waals surface area contributed by atoms with E-state index in [9.17, 15) is 53.2 Å². The second kappa shape index (κ2) is 52.2. The molecule has 0 spiro atoms. The molecule has 6 heterocycles. The monoisotopic (exact) mass is 1350 g/mol. The quantitative estimate of drug-likeness (QED) is 0.110. The Morgan fingerprint density at radius 3 is 0.964 bits per heavy atom. The fourth-order valence-corrected chi connectivity index (χ4v) is 10.4. The minimum absolute atomic E-state index is 0. The third-order valence-electron chi connectivity index (χ3n) is 13.8. The molecule has 83 heavy (non-hydrogen) atoms. The van der Waals surface area contributed by atoms with E-state index in [1.807, 2.05) is 25.7 Å². The molecule has 3 amide bonds. The Bertz CT molecular complexity index is 1610. The van der Waals surface area contributed by atoms with Crippen LogP contribution in [-0.4, -0.2) is 287 Å². The largest absolute Gasteiger partial charge is 0.480 e. The molecular weight excluding hydrogens is 1230 g/mol. The first kappa shape index (κ1) is 98.6. The van der Waals surface area contributed by atoms with E-state index in [2.05, 4.69) is 47.4 Å². The molecule has 0 bridgehead atoms. The molecule has 20 nitrogen and oxygen atoms in total. The van der Waals surface area contributed by atoms with Crippen molar-refractivity contribution in [2.24, 2.45) is 0 Å². The van der Waals surface area contributed by atoms with Gasteiger partial charge in [0.25, 0.3) is 0 Å². The number of β-amino-alcohol motifs (C(OH)–C–C–N with tert-alkyl or cyclic N) is 4. The summed E-state index contributed by atoms with van der Waals surface area (Å²) in [7, 11) is 10.4. The van der Waals surface area contributed by atoms with Crippen LogP contribution < -0.4 is 5.32 Å². The first-order valence-electron chi connectivity index (χ1n) is 27.4. The van der Waals surface area contributed by atoms with Gasteiger partial charge < -0.3 is 50.7 Å². The summed E-state index contributed by atoms with van der Waals surface area (Å²) in [5.74, 6) is -1.54. The molecule has 12 atom stereocenters. The van der Waals surface area contributed by atoms with E-state index < -0.39 is 42.5 Å². The molecule has 0 radical (unpaired) electrons. The molecule has 30 heteroatoms. The van der Waals surface area contributed by atoms with E-state index >= 15 is 0 Å². The summed E-state index contributed by atoms with van der Waals surface area (Å²) >= 11 is 0. The third kappa shape index (κ3) is 36.0. The highest BCUT2D eigenvalue weighted by molar-refractivity contribution is 7.60. The SMILES string of the molecule is C=C(C)[C@@H]1C[C@H](O)CN1CCC.CCCN1C[C@@H](O)C[C@H]1C(=O)N(C)C.CCCN1C[C@H](F)C[C@H]1C(=O)O.CCCN1C[C@H](O)C[C@H]1C(=O)N(C)C.CCCN1C[C@H](O)C[C@H]1C(=O)O.CN(C)C(=O)[C@@H]1C[C@@H](F)CN1.S.S.S.S.S.S.S.S. The zero-order chi connectivity index (χ0) is 57.3. The van der Waals surface area contributed by atoms with Crippen molar-refractivity contribution < 1.29 is 63.4 Å². The summed E-state index contributed by atoms with van der Waals surface area (Å²) < 4.78 is 25.4. The molecule has 502 valence electrons. The minimum atomic E-state index is -0.961. The van der Waals surface area contributed by atoms with Crippen LogP contribution in [0.4, 0.5) is 8.78 Å². The number of alkyl halides is 2. The second-order valence-electron chi connectivity index (χ2n) is 21.5. The number of hydrogen-bond donors (Lipinski definition) is 7. The van der Waals surface area contributed by atoms with Crippen LogP contribution in [0.5, 0.6) is 0 Å². The molecule has 0 aliphatic carbocycles. The molecule has 6 saturated heterocycles. The lowest BCUT2D eigenvalue weighted by molar-refractivity contribution is -0.143. The molecule has 0 unspecified atom stereocenters. The highest BCUT2D eigenvalue weighted by atomic mass is 32.1. The second-order valence-corrected chi connectivity index (χ2v) is 21.5. The number of carbonyl (C=O) groups excluding carboxylic acids is 3. The lowest BCUT2D eigenvalue weighted by atomic mass is 10.1. The van der Waals surface area contributed by atoms with Gasteiger partial charge in [-0.2, -0.15) is 108 Å². The maximum Gasteiger partial charge on any atom is 0.321 e. The van der Waals surface area contributed by atoms with Gasteiger partial charge in [0.05, 0.1) is 42.5 Å². The van der Waals surface area contributed by atoms with Crippen molar-refractivity contribution in [2.75, 3.05) is 114 Å². The van der Waals surface area contributed by atoms with Crippen molar-refractivity contribution in [1.82, 2.24) is 44.5 Å². The number of aliphatic carboxylic acids is 2. The van der Waals surface area contributed by atoms with Crippen LogP contribution in [0.1, 0.15) is 112 Å². The summed E-state index contributed by atoms with van der Waals surface area (Å²) in [6.07, 6.45) is 4.76. The van der Waals surface area contributed by atoms with Gasteiger partial charge in [0.1, 0.15) is 24.4 Å². The predicted octanol–water partition coefficient (Wildman–Crippen LogP) is 2.73. The number of nitrogens with one attached hydrogen (secondary N) is 1. The molecule has 6 aliphatic heterocycles. The first-order valence-corrected chi connectivity index (χ1v) is 27.4. The van der Waals surface area contributed by atoms with E-state index in [1.54, 1.807) is 57.0 Å². The van der Waals surface area contributed by atoms with Gasteiger partial charge in [0.2, 0.25) is 17.7 Å². The van der Waals surface area contributed by atoms with E-state index in [-0.39, 0.29) is 175 Å². The van der Waals surface area contributed by atoms with Gasteiger partial charge in [-0.1, -0.05) is 46.8 Å². The lowest BCUT2D eigenvalue weighted by Gasteiger charge is -2.25. The Morgan fingerprint density at radius 1 is 0.434 bits per heavy atom. The molecule has 0 saturated carbocycles. The average molecular weight is 1350 g/mol. The third-order valence-corrected chi connectivity index (χ3v) is 13.8. The Balaban J connectivity index is -0.000000133. The number of aliphatic hydroxyl groups is 4. The zero-order valence-electron chi connectivity index (χ0n) is 51.7. The van der Waals surface area contributed by atoms with Gasteiger partial charge in [-0.3, -0.25) is 48.5 Å². The van der Waals surface area contributed by atoms with Gasteiger partial charge in [0, 0.05) is 107 Å². The van der Waals surface area contributed by atoms with Crippen molar-refractivity contribution in [3.8, 4) is 0 Å². The van der Waals surface area contributed by atoms with Gasteiger partial charge in [0.15, 0.2) is 0 Å². The summed E-state index contributed by atoms with van der Waals surface area (Å²) in [6, 6.07) is -1.18. The van der Waals surface area contributed by atoms with E-state index in [0.717, 1.165) is 71.2 Å². The van der Waals surface area contributed by atoms with Crippen LogP contribution in [0, 0.1) is 0 Å². The number of carbonyl (C=O) groups is 5. The molecular formula is C53H117F2N9O11S8. The van der Waals surface area contributed by atoms with E-state index in [0.29, 0.717) is 64.4 Å². The van der Waals surface area contributed by atoms with Crippen molar-refractivity contribution in [3.05, 3.63) is 12.2 Å². The summed E-state index contributed by atoms with van der Waals surface area (Å²) in [4.78, 5) is 70.7. The highest BCUT2D eigenvalue weighted by Gasteiger charge is 2.39. The first-order chi connectivity index (χ1) is 35.2. The number of halogens is 2. The summed E-state index contributed by atoms with van der Waals surface area (Å²) in [6.45, 7) is 23.8. The zero-order valence-corrected chi connectivity index (χ0v) is 59.7. The van der Waals surface area contributed by atoms with Gasteiger partial charge in [-0.25, -0.2) is 8.78 Å². The average Bonchev–Trinajstić information content (AvgIpc) is 4.21. The Hall–Kier alpha value is -0.650. The van der Waals surface area contributed by atoms with Crippen LogP contribution in [0.3, 0.4) is 0 Å². The number of rotatable bonds is 16. The van der Waals surface area contributed by atoms with Gasteiger partial charge in [-0.15, -0.1) is 0 Å². The highest BCUT2D eigenvalue weighted by Crippen LogP contribution is 2.24. The summed E-state index contributed by atoms with van der Waals surface area (Å²) in [5.41, 5.74) is 1.18. The summed E-state index contributed by atoms with van der Waals surface area (Å²) in [5, 5.41) is 58.0. The Labute approximate surface area is 553 Å². The number of amides is 3. The topological polar surface area (TPSA) is 245 Å². The lowest BCUT2D eigenvalue weighted by Crippen LogP contribution is -2.42. The molecule has 6 fully saturated rings. The maximum atomic E-state index is 12.8. The van der Waals surface area contributed by atoms with Crippen LogP contribution >= 0.6 is 108 Å². The number of carboxylic acid groups (broad SMARTS) is 2. The number of hydrogen-bond acceptors (Lipinski definition) is 15. The Morgan fingerprint density at radius 2 is 0.699 bits per heavy atom. The predicted molar refractivity (Wildman–Crippen MR) is 371 cm³/mol. The van der Waals surface area contributed by atoms with E-state index in [4.69, 9.17) is 10.2 Å². The minimum Gasteiger partial charge on any atom is -0.480 e. The number of likely N-dealkylation sites (tertiary alicyclic amines) is 5. The van der Waals surface area contributed by atoms with Crippen LogP contribution in [-0.2, 0) is 24.0 Å². The van der Waals surface area contributed by atoms with E-state index in [1.165, 1.54) is 10.5 Å². The smallest absolute Gasteiger partial charge is 0.321 e. The number of nitrogens with zero attached hydrogens (tertiary/aromatic N) is 8. The van der Waals surface area contributed by atoms with Crippen molar-refractivity contribution >= 4 is 138 Å². The molecule has 0 aromatic heterocycles. The van der Waals surface area contributed by atoms with Crippen LogP contribution in [0.25, 0.3) is 0 Å². The maximum absolute atomic E-state index is 12.8. The number of aliphatic hydroxyl groups excluding tert-OH is 4. The number of likely N-dealkylation sites (N-methyl/N-ethyl adjacent to an activating group) is 3. The molecule has 7 N–H and O–H groups in total. The molecule has 0 aromatic carbocycles. The Kier molecular flexibility index (Phi) is 61.9. The molecule has 6 rings (SSSR count). The fraction of sp³-hybridized carbons (Fsp3) is 0.868. The molecule has 0 aromatic rings. The standard InChI is InChI=1S/2C10H20N2O2.C10H19NO.C8H14FNO2.C8H15NO3.C7H13FN2O.8H2S/c2*1-4-5-12-7-8(13)6-9(12)10(14)11(2)3;1-4-5-11-7-9(12)6-10(11)8(2)3;1-2-3-10-5-6(9)4-7(10)8(11)12;1-2-3-9-5-6(10)4-7(9)8(11)12;1-10(2)7(11)6-3-5(8)4-9-6;;;;;;;;/h2*8-9,13H,4-7H2,1-3H3;9-10,12H,2,4-7H2,1,3H3;6-7H,2-5H2,1H3,(H,11,12);6-7,10H,2-5H2,1H3,(H,11,12);5-6,9H,3-4H2,1-2H3;8*1H2/t8-,9+;8-,9-;9-,10-;2*6-,7+;5-,6+;;;;;;;;/m100111......../s1. The van der Waals surface area contributed by atoms with Crippen LogP contribution in [0.15, 0.2) is 12.2 Å². The van der Waals surface area contributed by atoms with Crippen molar-refractivity contribution in [1.29, 1.82) is 0 Å².